The van der Waals surface area contributed by atoms with Crippen molar-refractivity contribution in [1.82, 2.24) is 4.98 Å². The molecule has 1 aromatic rings. The highest BCUT2D eigenvalue weighted by atomic mass is 79.9. The fraction of sp³-hybridized carbons (Fsp3) is 0.538. The number of nitrogens with zero attached hydrogens (tertiary/aromatic N) is 2. The molecule has 0 radical (unpaired) electrons. The number of halogens is 2. The highest BCUT2D eigenvalue weighted by Crippen LogP contribution is 2.17. The molecule has 0 amide bonds. The van der Waals surface area contributed by atoms with Crippen LogP contribution in [0, 0.1) is 0 Å². The van der Waals surface area contributed by atoms with Crippen LogP contribution in [0.1, 0.15) is 39.8 Å². The maximum atomic E-state index is 14.0. The molecule has 0 aliphatic carbocycles. The van der Waals surface area contributed by atoms with E-state index in [9.17, 15) is 8.60 Å². The van der Waals surface area contributed by atoms with Gasteiger partial charge in [0.2, 0.25) is 0 Å². The first-order chi connectivity index (χ1) is 8.75. The molecule has 1 heterocycles. The summed E-state index contributed by atoms with van der Waals surface area (Å²) in [6, 6.07) is 5.18. The Kier molecular flexibility index (Phi) is 5.80. The van der Waals surface area contributed by atoms with Crippen LogP contribution in [0.25, 0.3) is 0 Å². The largest absolute Gasteiger partial charge is 0.240 e. The van der Waals surface area contributed by atoms with Crippen LogP contribution in [0.5, 0.6) is 0 Å². The standard InChI is InChI=1S/C13H18BrFN2OS/c1-5-9(15)12(17-19(18)13(2,3)4)10-7-6-8-11(14)16-10/h6-9H,5H2,1-4H3/t9-,19+/m0/s1. The van der Waals surface area contributed by atoms with Crippen LogP contribution >= 0.6 is 15.9 Å². The van der Waals surface area contributed by atoms with Gasteiger partial charge in [0, 0.05) is 0 Å². The van der Waals surface area contributed by atoms with Crippen molar-refractivity contribution in [3.63, 3.8) is 0 Å². The van der Waals surface area contributed by atoms with Crippen LogP contribution in [-0.2, 0) is 11.0 Å². The van der Waals surface area contributed by atoms with Crippen molar-refractivity contribution in [2.75, 3.05) is 0 Å². The summed E-state index contributed by atoms with van der Waals surface area (Å²) < 4.78 is 30.2. The van der Waals surface area contributed by atoms with Crippen molar-refractivity contribution < 1.29 is 8.60 Å². The number of pyridine rings is 1. The molecule has 19 heavy (non-hydrogen) atoms. The maximum Gasteiger partial charge on any atom is 0.145 e. The van der Waals surface area contributed by atoms with Gasteiger partial charge in [0.05, 0.1) is 10.4 Å². The van der Waals surface area contributed by atoms with Crippen LogP contribution in [0.3, 0.4) is 0 Å². The fourth-order valence-electron chi connectivity index (χ4n) is 1.23. The van der Waals surface area contributed by atoms with Gasteiger partial charge in [-0.05, 0) is 55.3 Å². The van der Waals surface area contributed by atoms with E-state index < -0.39 is 21.9 Å². The van der Waals surface area contributed by atoms with E-state index in [-0.39, 0.29) is 12.1 Å². The van der Waals surface area contributed by atoms with Gasteiger partial charge >= 0.3 is 0 Å². The quantitative estimate of drug-likeness (QED) is 0.612. The second-order valence-corrected chi connectivity index (χ2v) is 7.78. The lowest BCUT2D eigenvalue weighted by molar-refractivity contribution is 0.414. The zero-order valence-corrected chi connectivity index (χ0v) is 13.9. The molecule has 0 bridgehead atoms. The van der Waals surface area contributed by atoms with Gasteiger partial charge < -0.3 is 0 Å². The van der Waals surface area contributed by atoms with Crippen LogP contribution in [-0.4, -0.2) is 25.8 Å². The van der Waals surface area contributed by atoms with Crippen molar-refractivity contribution in [3.8, 4) is 0 Å². The molecule has 0 saturated heterocycles. The Bertz CT molecular complexity index is 500. The second-order valence-electron chi connectivity index (χ2n) is 5.06. The first-order valence-corrected chi connectivity index (χ1v) is 7.93. The predicted octanol–water partition coefficient (Wildman–Crippen LogP) is 3.84. The molecule has 3 nitrogen and oxygen atoms in total. The summed E-state index contributed by atoms with van der Waals surface area (Å²) in [6.07, 6.45) is -0.998. The van der Waals surface area contributed by atoms with Gasteiger partial charge in [-0.3, -0.25) is 0 Å². The number of rotatable bonds is 4. The van der Waals surface area contributed by atoms with Crippen molar-refractivity contribution >= 4 is 32.6 Å². The predicted molar refractivity (Wildman–Crippen MR) is 81.6 cm³/mol. The fourth-order valence-corrected chi connectivity index (χ4v) is 2.24. The first kappa shape index (κ1) is 16.4. The molecular weight excluding hydrogens is 331 g/mol. The maximum absolute atomic E-state index is 14.0. The van der Waals surface area contributed by atoms with E-state index in [2.05, 4.69) is 25.3 Å². The zero-order chi connectivity index (χ0) is 14.6. The lowest BCUT2D eigenvalue weighted by Gasteiger charge is -2.16. The van der Waals surface area contributed by atoms with E-state index in [0.717, 1.165) is 0 Å². The molecule has 0 unspecified atom stereocenters. The summed E-state index contributed by atoms with van der Waals surface area (Å²) in [5.74, 6) is 0. The highest BCUT2D eigenvalue weighted by molar-refractivity contribution is 9.10. The number of aromatic nitrogens is 1. The van der Waals surface area contributed by atoms with E-state index >= 15 is 0 Å². The van der Waals surface area contributed by atoms with E-state index in [1.807, 2.05) is 0 Å². The molecule has 0 N–H and O–H groups in total. The summed E-state index contributed by atoms with van der Waals surface area (Å²) in [5, 5.41) is 0. The summed E-state index contributed by atoms with van der Waals surface area (Å²) >= 11 is 3.24. The minimum atomic E-state index is -1.50. The third-order valence-corrected chi connectivity index (χ3v) is 4.19. The number of hydrogen-bond donors (Lipinski definition) is 0. The lowest BCUT2D eigenvalue weighted by atomic mass is 10.1. The van der Waals surface area contributed by atoms with Gasteiger partial charge in [0.1, 0.15) is 27.5 Å². The smallest absolute Gasteiger partial charge is 0.145 e. The monoisotopic (exact) mass is 348 g/mol. The third-order valence-electron chi connectivity index (χ3n) is 2.34. The summed E-state index contributed by atoms with van der Waals surface area (Å²) in [4.78, 5) is 4.19. The Hall–Kier alpha value is -0.620. The molecule has 0 fully saturated rings. The molecule has 6 heteroatoms. The second kappa shape index (κ2) is 6.70. The average Bonchev–Trinajstić information content (AvgIpc) is 2.33. The topological polar surface area (TPSA) is 42.3 Å². The van der Waals surface area contributed by atoms with E-state index in [1.54, 1.807) is 45.9 Å². The van der Waals surface area contributed by atoms with E-state index in [1.165, 1.54) is 0 Å². The van der Waals surface area contributed by atoms with Crippen molar-refractivity contribution in [2.45, 2.75) is 45.0 Å². The zero-order valence-electron chi connectivity index (χ0n) is 11.5. The molecule has 1 aromatic heterocycles. The molecule has 0 saturated carbocycles. The molecule has 0 spiro atoms. The third kappa shape index (κ3) is 4.76. The molecule has 106 valence electrons. The first-order valence-electron chi connectivity index (χ1n) is 6.03. The summed E-state index contributed by atoms with van der Waals surface area (Å²) in [6.45, 7) is 7.13. The molecule has 1 rings (SSSR count). The Morgan fingerprint density at radius 1 is 1.53 bits per heavy atom. The molecular formula is C13H18BrFN2OS. The molecule has 2 atom stereocenters. The van der Waals surface area contributed by atoms with Crippen LogP contribution < -0.4 is 0 Å². The van der Waals surface area contributed by atoms with Gasteiger partial charge in [-0.2, -0.15) is 4.40 Å². The van der Waals surface area contributed by atoms with Gasteiger partial charge in [-0.15, -0.1) is 0 Å². The van der Waals surface area contributed by atoms with Gasteiger partial charge in [-0.25, -0.2) is 13.6 Å². The SMILES string of the molecule is CC[C@H](F)C(=N[S@](=O)C(C)(C)C)c1cccc(Br)n1. The van der Waals surface area contributed by atoms with Gasteiger partial charge in [0.15, 0.2) is 0 Å². The van der Waals surface area contributed by atoms with E-state index in [0.29, 0.717) is 10.3 Å². The van der Waals surface area contributed by atoms with Crippen LogP contribution in [0.4, 0.5) is 4.39 Å². The normalized spacial score (nSPS) is 16.2. The summed E-state index contributed by atoms with van der Waals surface area (Å²) in [7, 11) is -1.50. The Balaban J connectivity index is 3.23. The Labute approximate surface area is 124 Å². The highest BCUT2D eigenvalue weighted by Gasteiger charge is 2.23. The van der Waals surface area contributed by atoms with Gasteiger partial charge in [0.25, 0.3) is 0 Å². The minimum absolute atomic E-state index is 0.150. The molecule has 0 aliphatic heterocycles. The van der Waals surface area contributed by atoms with Crippen molar-refractivity contribution in [2.24, 2.45) is 4.40 Å². The Morgan fingerprint density at radius 2 is 2.16 bits per heavy atom. The number of hydrogen-bond acceptors (Lipinski definition) is 2. The Morgan fingerprint density at radius 3 is 2.63 bits per heavy atom. The van der Waals surface area contributed by atoms with Crippen LogP contribution in [0.15, 0.2) is 27.2 Å². The lowest BCUT2D eigenvalue weighted by Crippen LogP contribution is -2.25. The molecule has 0 aliphatic rings. The number of alkyl halides is 1. The van der Waals surface area contributed by atoms with E-state index in [4.69, 9.17) is 0 Å². The van der Waals surface area contributed by atoms with Crippen molar-refractivity contribution in [3.05, 3.63) is 28.5 Å². The summed E-state index contributed by atoms with van der Waals surface area (Å²) in [5.41, 5.74) is 0.568. The average molecular weight is 349 g/mol. The van der Waals surface area contributed by atoms with Crippen molar-refractivity contribution in [1.29, 1.82) is 0 Å². The minimum Gasteiger partial charge on any atom is -0.240 e. The van der Waals surface area contributed by atoms with Crippen LogP contribution in [0.2, 0.25) is 0 Å². The van der Waals surface area contributed by atoms with Gasteiger partial charge in [-0.1, -0.05) is 13.0 Å². The molecule has 0 aromatic carbocycles.